The molecule has 0 aliphatic heterocycles. The molecule has 0 saturated heterocycles. The minimum absolute atomic E-state index is 0.246. The summed E-state index contributed by atoms with van der Waals surface area (Å²) in [4.78, 5) is 0. The van der Waals surface area contributed by atoms with Crippen LogP contribution in [0.2, 0.25) is 0 Å². The Bertz CT molecular complexity index is 366. The second-order valence-corrected chi connectivity index (χ2v) is 6.41. The van der Waals surface area contributed by atoms with E-state index in [9.17, 15) is 30.4 Å². The quantitative estimate of drug-likeness (QED) is 0.336. The Labute approximate surface area is 121 Å². The highest BCUT2D eigenvalue weighted by atomic mass is 32.2. The first-order valence-electron chi connectivity index (χ1n) is 6.76. The predicted octanol–water partition coefficient (Wildman–Crippen LogP) is 3.54. The molecule has 0 spiro atoms. The Morgan fingerprint density at radius 1 is 0.810 bits per heavy atom. The first-order valence-corrected chi connectivity index (χ1v) is 8.37. The van der Waals surface area contributed by atoms with Crippen molar-refractivity contribution in [2.75, 3.05) is 12.4 Å². The van der Waals surface area contributed by atoms with Gasteiger partial charge in [-0.25, -0.2) is 17.6 Å². The molecule has 0 aliphatic carbocycles. The molecule has 0 amide bonds. The van der Waals surface area contributed by atoms with Gasteiger partial charge in [0.2, 0.25) is 0 Å². The molecule has 4 unspecified atom stereocenters. The third-order valence-electron chi connectivity index (χ3n) is 2.98. The van der Waals surface area contributed by atoms with Gasteiger partial charge < -0.3 is 0 Å². The van der Waals surface area contributed by atoms with Crippen LogP contribution in [0.15, 0.2) is 0 Å². The van der Waals surface area contributed by atoms with Gasteiger partial charge in [-0.1, -0.05) is 25.7 Å². The minimum Gasteiger partial charge on any atom is -0.285 e. The fraction of sp³-hybridized carbons (Fsp3) is 1.00. The largest absolute Gasteiger partial charge is 0.285 e. The summed E-state index contributed by atoms with van der Waals surface area (Å²) < 4.78 is 93.8. The fourth-order valence-corrected chi connectivity index (χ4v) is 2.40. The summed E-state index contributed by atoms with van der Waals surface area (Å²) >= 11 is 0. The van der Waals surface area contributed by atoms with Gasteiger partial charge in [-0.15, -0.1) is 0 Å². The van der Waals surface area contributed by atoms with Gasteiger partial charge in [0.25, 0.3) is 10.1 Å². The summed E-state index contributed by atoms with van der Waals surface area (Å²) in [6.07, 6.45) is -8.70. The predicted molar refractivity (Wildman–Crippen MR) is 69.7 cm³/mol. The average molecular weight is 340 g/mol. The summed E-state index contributed by atoms with van der Waals surface area (Å²) in [7, 11) is -4.79. The molecule has 9 heteroatoms. The Morgan fingerprint density at radius 3 is 1.81 bits per heavy atom. The maximum absolute atomic E-state index is 13.4. The van der Waals surface area contributed by atoms with Crippen LogP contribution in [0.5, 0.6) is 0 Å². The van der Waals surface area contributed by atoms with Gasteiger partial charge in [-0.2, -0.15) is 8.42 Å². The molecule has 0 aromatic rings. The Kier molecular flexibility index (Phi) is 10.1. The van der Waals surface area contributed by atoms with E-state index in [2.05, 4.69) is 0 Å². The molecule has 1 N–H and O–H groups in total. The molecule has 0 bridgehead atoms. The van der Waals surface area contributed by atoms with E-state index in [1.807, 2.05) is 0 Å². The number of rotatable bonds is 12. The number of hydrogen-bond donors (Lipinski definition) is 1. The molecule has 0 saturated carbocycles. The van der Waals surface area contributed by atoms with Crippen molar-refractivity contribution in [2.45, 2.75) is 63.2 Å². The standard InChI is InChI=1S/C12H21F5O3S/c13-7-5-3-1-2-4-6-9(14)11(16)12(17)10(15)8-21(18,19)20/h9-12H,1-8H2,(H,18,19,20). The van der Waals surface area contributed by atoms with Crippen LogP contribution >= 0.6 is 0 Å². The molecule has 0 aliphatic rings. The van der Waals surface area contributed by atoms with E-state index >= 15 is 0 Å². The van der Waals surface area contributed by atoms with Gasteiger partial charge in [-0.3, -0.25) is 8.94 Å². The molecule has 0 aromatic carbocycles. The van der Waals surface area contributed by atoms with E-state index in [-0.39, 0.29) is 12.8 Å². The number of alkyl halides is 5. The zero-order valence-corrected chi connectivity index (χ0v) is 12.3. The maximum atomic E-state index is 13.4. The van der Waals surface area contributed by atoms with Crippen molar-refractivity contribution in [3.63, 3.8) is 0 Å². The highest BCUT2D eigenvalue weighted by Crippen LogP contribution is 2.22. The van der Waals surface area contributed by atoms with Gasteiger partial charge in [-0.05, 0) is 12.8 Å². The minimum atomic E-state index is -4.79. The molecule has 0 rings (SSSR count). The lowest BCUT2D eigenvalue weighted by atomic mass is 10.0. The summed E-state index contributed by atoms with van der Waals surface area (Å²) in [5, 5.41) is 0. The summed E-state index contributed by atoms with van der Waals surface area (Å²) in [5.74, 6) is -1.61. The molecular formula is C12H21F5O3S. The lowest BCUT2D eigenvalue weighted by Gasteiger charge is -2.19. The van der Waals surface area contributed by atoms with Gasteiger partial charge >= 0.3 is 0 Å². The van der Waals surface area contributed by atoms with Crippen LogP contribution in [0.25, 0.3) is 0 Å². The highest BCUT2D eigenvalue weighted by molar-refractivity contribution is 7.85. The van der Waals surface area contributed by atoms with Gasteiger partial charge in [0, 0.05) is 0 Å². The SMILES string of the molecule is O=S(=O)(O)CC(F)C(F)C(F)C(F)CCCCCCCF. The van der Waals surface area contributed by atoms with Crippen molar-refractivity contribution in [3.8, 4) is 0 Å². The highest BCUT2D eigenvalue weighted by Gasteiger charge is 2.37. The molecule has 21 heavy (non-hydrogen) atoms. The maximum Gasteiger partial charge on any atom is 0.267 e. The second-order valence-electron chi connectivity index (χ2n) is 4.91. The zero-order valence-electron chi connectivity index (χ0n) is 11.5. The van der Waals surface area contributed by atoms with Crippen molar-refractivity contribution in [2.24, 2.45) is 0 Å². The Hall–Kier alpha value is -0.440. The van der Waals surface area contributed by atoms with Crippen LogP contribution in [-0.4, -0.2) is 50.1 Å². The molecule has 0 fully saturated rings. The normalized spacial score (nSPS) is 18.2. The number of hydrogen-bond acceptors (Lipinski definition) is 2. The van der Waals surface area contributed by atoms with Crippen molar-refractivity contribution in [3.05, 3.63) is 0 Å². The van der Waals surface area contributed by atoms with E-state index in [1.165, 1.54) is 0 Å². The lowest BCUT2D eigenvalue weighted by Crippen LogP contribution is -2.38. The van der Waals surface area contributed by atoms with Crippen molar-refractivity contribution in [1.29, 1.82) is 0 Å². The van der Waals surface area contributed by atoms with E-state index in [0.717, 1.165) is 0 Å². The van der Waals surface area contributed by atoms with Crippen LogP contribution in [0.1, 0.15) is 38.5 Å². The monoisotopic (exact) mass is 340 g/mol. The van der Waals surface area contributed by atoms with Crippen molar-refractivity contribution < 1.29 is 34.9 Å². The van der Waals surface area contributed by atoms with E-state index < -0.39 is 47.2 Å². The summed E-state index contributed by atoms with van der Waals surface area (Å²) in [6, 6.07) is 0. The van der Waals surface area contributed by atoms with E-state index in [0.29, 0.717) is 25.7 Å². The first-order chi connectivity index (χ1) is 9.69. The zero-order chi connectivity index (χ0) is 16.5. The molecule has 4 atom stereocenters. The van der Waals surface area contributed by atoms with Crippen LogP contribution in [0.3, 0.4) is 0 Å². The van der Waals surface area contributed by atoms with Gasteiger partial charge in [0.15, 0.2) is 18.5 Å². The Balaban J connectivity index is 4.04. The number of halogens is 5. The molecule has 0 aromatic heterocycles. The molecule has 128 valence electrons. The van der Waals surface area contributed by atoms with Crippen LogP contribution < -0.4 is 0 Å². The third kappa shape index (κ3) is 10.00. The third-order valence-corrected chi connectivity index (χ3v) is 3.72. The van der Waals surface area contributed by atoms with Crippen LogP contribution in [0.4, 0.5) is 22.0 Å². The van der Waals surface area contributed by atoms with Crippen molar-refractivity contribution in [1.82, 2.24) is 0 Å². The molecule has 0 radical (unpaired) electrons. The lowest BCUT2D eigenvalue weighted by molar-refractivity contribution is 0.0354. The van der Waals surface area contributed by atoms with Crippen molar-refractivity contribution >= 4 is 10.1 Å². The van der Waals surface area contributed by atoms with Crippen LogP contribution in [-0.2, 0) is 10.1 Å². The van der Waals surface area contributed by atoms with E-state index in [1.54, 1.807) is 0 Å². The topological polar surface area (TPSA) is 54.4 Å². The fourth-order valence-electron chi connectivity index (χ4n) is 1.82. The smallest absolute Gasteiger partial charge is 0.267 e. The first kappa shape index (κ1) is 20.6. The molecular weight excluding hydrogens is 319 g/mol. The Morgan fingerprint density at radius 2 is 1.29 bits per heavy atom. The summed E-state index contributed by atoms with van der Waals surface area (Å²) in [5.41, 5.74) is 0. The second kappa shape index (κ2) is 10.3. The van der Waals surface area contributed by atoms with Gasteiger partial charge in [0.05, 0.1) is 6.67 Å². The average Bonchev–Trinajstić information content (AvgIpc) is 2.38. The summed E-state index contributed by atoms with van der Waals surface area (Å²) in [6.45, 7) is -0.437. The molecule has 0 heterocycles. The molecule has 3 nitrogen and oxygen atoms in total. The number of unbranched alkanes of at least 4 members (excludes halogenated alkanes) is 4. The van der Waals surface area contributed by atoms with Crippen LogP contribution in [0, 0.1) is 0 Å². The van der Waals surface area contributed by atoms with Gasteiger partial charge in [0.1, 0.15) is 11.9 Å². The van der Waals surface area contributed by atoms with E-state index in [4.69, 9.17) is 4.55 Å².